The third-order valence-corrected chi connectivity index (χ3v) is 1.42. The zero-order valence-electron chi connectivity index (χ0n) is 4.79. The predicted octanol–water partition coefficient (Wildman–Crippen LogP) is 0.0883. The second-order valence-electron chi connectivity index (χ2n) is 1.51. The lowest BCUT2D eigenvalue weighted by Gasteiger charge is -2.25. The van der Waals surface area contributed by atoms with Crippen LogP contribution in [0, 0.1) is 0 Å². The van der Waals surface area contributed by atoms with Crippen LogP contribution < -0.4 is 0 Å². The fourth-order valence-corrected chi connectivity index (χ4v) is 0.458. The van der Waals surface area contributed by atoms with E-state index in [0.29, 0.717) is 4.32 Å². The van der Waals surface area contributed by atoms with Gasteiger partial charge in [0.1, 0.15) is 6.23 Å². The molecule has 1 unspecified atom stereocenters. The molecule has 0 saturated carbocycles. The summed E-state index contributed by atoms with van der Waals surface area (Å²) < 4.78 is 0.292. The molecule has 0 aliphatic rings. The lowest BCUT2D eigenvalue weighted by Crippen LogP contribution is -2.31. The second-order valence-corrected chi connectivity index (χ2v) is 2.54. The summed E-state index contributed by atoms with van der Waals surface area (Å²) in [6, 6.07) is 0. The average molecular weight is 150 g/mol. The third-order valence-electron chi connectivity index (χ3n) is 0.848. The summed E-state index contributed by atoms with van der Waals surface area (Å²) in [6.07, 6.45) is -0.569. The van der Waals surface area contributed by atoms with Crippen LogP contribution in [0.15, 0.2) is 0 Å². The van der Waals surface area contributed by atoms with Crippen LogP contribution in [0.5, 0.6) is 0 Å². The van der Waals surface area contributed by atoms with Crippen molar-refractivity contribution in [2.75, 3.05) is 7.05 Å². The van der Waals surface area contributed by atoms with E-state index in [-0.39, 0.29) is 0 Å². The summed E-state index contributed by atoms with van der Waals surface area (Å²) in [5, 5.41) is 8.76. The van der Waals surface area contributed by atoms with E-state index in [2.05, 4.69) is 24.8 Å². The minimum absolute atomic E-state index is 0.292. The van der Waals surface area contributed by atoms with Crippen molar-refractivity contribution in [2.45, 2.75) is 13.2 Å². The van der Waals surface area contributed by atoms with Gasteiger partial charge < -0.3 is 34.9 Å². The Hall–Kier alpha value is 0.0700. The highest BCUT2D eigenvalue weighted by atomic mass is 32.1. The molecule has 0 heterocycles. The number of thiocarbonyl (C=S) groups is 1. The summed E-state index contributed by atoms with van der Waals surface area (Å²) in [6.45, 7) is 1.61. The zero-order valence-corrected chi connectivity index (χ0v) is 6.42. The summed E-state index contributed by atoms with van der Waals surface area (Å²) in [5.74, 6) is 0. The number of hydrogen-bond donors (Lipinski definition) is 1. The van der Waals surface area contributed by atoms with Gasteiger partial charge in [0.25, 0.3) is 0 Å². The van der Waals surface area contributed by atoms with E-state index >= 15 is 0 Å². The molecule has 2 nitrogen and oxygen atoms in total. The molecule has 48 valence electrons. The Morgan fingerprint density at radius 3 is 2.25 bits per heavy atom. The van der Waals surface area contributed by atoms with Gasteiger partial charge in [-0.25, -0.2) is 0 Å². The Morgan fingerprint density at radius 2 is 2.25 bits per heavy atom. The van der Waals surface area contributed by atoms with Crippen molar-refractivity contribution < 1.29 is 5.11 Å². The van der Waals surface area contributed by atoms with Gasteiger partial charge in [-0.05, 0) is 6.92 Å². The first-order chi connectivity index (χ1) is 3.55. The van der Waals surface area contributed by atoms with Crippen molar-refractivity contribution >= 4 is 29.2 Å². The van der Waals surface area contributed by atoms with E-state index < -0.39 is 6.23 Å². The Balaban J connectivity index is 3.64. The first-order valence-electron chi connectivity index (χ1n) is 2.17. The van der Waals surface area contributed by atoms with Gasteiger partial charge in [-0.1, -0.05) is 4.32 Å². The minimum Gasteiger partial charge on any atom is -0.411 e. The first-order valence-corrected chi connectivity index (χ1v) is 2.99. The molecule has 0 radical (unpaired) electrons. The van der Waals surface area contributed by atoms with Crippen molar-refractivity contribution in [3.05, 3.63) is 0 Å². The molecule has 0 rings (SSSR count). The molecular formula is C4H8NOS2-. The van der Waals surface area contributed by atoms with Gasteiger partial charge >= 0.3 is 0 Å². The van der Waals surface area contributed by atoms with Crippen LogP contribution in [0.2, 0.25) is 0 Å². The Labute approximate surface area is 59.9 Å². The number of aliphatic hydroxyl groups excluding tert-OH is 1. The summed E-state index contributed by atoms with van der Waals surface area (Å²) in [4.78, 5) is 1.44. The normalized spacial score (nSPS) is 12.9. The maximum absolute atomic E-state index is 8.76. The summed E-state index contributed by atoms with van der Waals surface area (Å²) >= 11 is 9.15. The van der Waals surface area contributed by atoms with Gasteiger partial charge in [-0.3, -0.25) is 0 Å². The van der Waals surface area contributed by atoms with E-state index in [1.807, 2.05) is 0 Å². The topological polar surface area (TPSA) is 23.5 Å². The standard InChI is InChI=1S/C4H9NOS2/c1-3(6)5(2)4(7)8/h3,6H,1-2H3,(H,7,8)/p-1. The van der Waals surface area contributed by atoms with Crippen LogP contribution in [-0.2, 0) is 12.6 Å². The molecular weight excluding hydrogens is 142 g/mol. The van der Waals surface area contributed by atoms with Crippen molar-refractivity contribution in [3.63, 3.8) is 0 Å². The van der Waals surface area contributed by atoms with E-state index in [4.69, 9.17) is 5.11 Å². The van der Waals surface area contributed by atoms with Crippen LogP contribution in [0.3, 0.4) is 0 Å². The smallest absolute Gasteiger partial charge is 0.122 e. The first kappa shape index (κ1) is 8.07. The molecule has 4 heteroatoms. The molecule has 0 aliphatic heterocycles. The lowest BCUT2D eigenvalue weighted by molar-refractivity contribution is 0.0916. The maximum atomic E-state index is 8.76. The van der Waals surface area contributed by atoms with Gasteiger partial charge in [0.15, 0.2) is 0 Å². The highest BCUT2D eigenvalue weighted by Crippen LogP contribution is 1.90. The molecule has 0 fully saturated rings. The monoisotopic (exact) mass is 150 g/mol. The van der Waals surface area contributed by atoms with Crippen LogP contribution in [-0.4, -0.2) is 27.6 Å². The van der Waals surface area contributed by atoms with Gasteiger partial charge in [-0.2, -0.15) is 0 Å². The van der Waals surface area contributed by atoms with Crippen molar-refractivity contribution in [1.29, 1.82) is 0 Å². The van der Waals surface area contributed by atoms with Gasteiger partial charge in [0.05, 0.1) is 0 Å². The van der Waals surface area contributed by atoms with Crippen molar-refractivity contribution in [3.8, 4) is 0 Å². The molecule has 0 bridgehead atoms. The van der Waals surface area contributed by atoms with E-state index in [1.165, 1.54) is 4.90 Å². The highest BCUT2D eigenvalue weighted by molar-refractivity contribution is 8.00. The maximum Gasteiger partial charge on any atom is 0.122 e. The molecule has 0 amide bonds. The Bertz CT molecular complexity index is 94.0. The van der Waals surface area contributed by atoms with Gasteiger partial charge in [-0.15, -0.1) is 0 Å². The van der Waals surface area contributed by atoms with Crippen LogP contribution in [0.25, 0.3) is 0 Å². The largest absolute Gasteiger partial charge is 0.411 e. The number of nitrogens with zero attached hydrogens (tertiary/aromatic N) is 1. The molecule has 0 saturated heterocycles. The lowest BCUT2D eigenvalue weighted by atomic mass is 10.6. The molecule has 0 aromatic carbocycles. The molecule has 0 spiro atoms. The predicted molar refractivity (Wildman–Crippen MR) is 39.4 cm³/mol. The number of hydrogen-bond acceptors (Lipinski definition) is 3. The highest BCUT2D eigenvalue weighted by Gasteiger charge is 1.97. The van der Waals surface area contributed by atoms with Crippen molar-refractivity contribution in [1.82, 2.24) is 4.90 Å². The molecule has 1 atom stereocenters. The SMILES string of the molecule is CC(O)N(C)C(=S)[S-]. The Morgan fingerprint density at radius 1 is 1.88 bits per heavy atom. The fourth-order valence-electron chi connectivity index (χ4n) is 0.153. The van der Waals surface area contributed by atoms with E-state index in [0.717, 1.165) is 0 Å². The number of aliphatic hydroxyl groups is 1. The summed E-state index contributed by atoms with van der Waals surface area (Å²) in [7, 11) is 1.65. The fraction of sp³-hybridized carbons (Fsp3) is 0.750. The van der Waals surface area contributed by atoms with E-state index in [1.54, 1.807) is 14.0 Å². The zero-order chi connectivity index (χ0) is 6.73. The van der Waals surface area contributed by atoms with Gasteiger partial charge in [0, 0.05) is 7.05 Å². The average Bonchev–Trinajstić information content (AvgIpc) is 1.64. The van der Waals surface area contributed by atoms with Crippen LogP contribution in [0.1, 0.15) is 6.92 Å². The molecule has 8 heavy (non-hydrogen) atoms. The Kier molecular flexibility index (Phi) is 3.19. The molecule has 1 N–H and O–H groups in total. The molecule has 0 aromatic rings. The minimum atomic E-state index is -0.569. The number of rotatable bonds is 1. The third kappa shape index (κ3) is 2.40. The summed E-state index contributed by atoms with van der Waals surface area (Å²) in [5.41, 5.74) is 0. The second kappa shape index (κ2) is 3.17. The molecule has 0 aliphatic carbocycles. The quantitative estimate of drug-likeness (QED) is 0.325. The van der Waals surface area contributed by atoms with Crippen molar-refractivity contribution in [2.24, 2.45) is 0 Å². The van der Waals surface area contributed by atoms with Crippen LogP contribution in [0.4, 0.5) is 0 Å². The molecule has 0 aromatic heterocycles. The van der Waals surface area contributed by atoms with Gasteiger partial charge in [0.2, 0.25) is 0 Å². The van der Waals surface area contributed by atoms with E-state index in [9.17, 15) is 0 Å². The van der Waals surface area contributed by atoms with Crippen LogP contribution >= 0.6 is 12.2 Å².